The van der Waals surface area contributed by atoms with Crippen LogP contribution in [0.4, 0.5) is 28.4 Å². The number of nitrogens with zero attached hydrogens (tertiary/aromatic N) is 2. The minimum absolute atomic E-state index is 0.480. The molecule has 7 aromatic rings. The summed E-state index contributed by atoms with van der Waals surface area (Å²) in [6.07, 6.45) is 8.06. The Morgan fingerprint density at radius 2 is 0.844 bits per heavy atom. The van der Waals surface area contributed by atoms with Crippen molar-refractivity contribution in [3.8, 4) is 0 Å². The van der Waals surface area contributed by atoms with Crippen LogP contribution < -0.4 is 9.80 Å². The number of anilines is 5. The number of benzene rings is 7. The summed E-state index contributed by atoms with van der Waals surface area (Å²) >= 11 is 0. The first-order valence-electron chi connectivity index (χ1n) is 15.8. The highest BCUT2D eigenvalue weighted by atomic mass is 15.2. The highest BCUT2D eigenvalue weighted by Gasteiger charge is 2.22. The first-order valence-corrected chi connectivity index (χ1v) is 15.8. The Balaban J connectivity index is 1.46. The topological polar surface area (TPSA) is 6.48 Å². The van der Waals surface area contributed by atoms with Gasteiger partial charge < -0.3 is 9.80 Å². The average Bonchev–Trinajstić information content (AvgIpc) is 3.10. The van der Waals surface area contributed by atoms with Crippen LogP contribution in [0.25, 0.3) is 32.3 Å². The molecule has 8 rings (SSSR count). The van der Waals surface area contributed by atoms with Crippen molar-refractivity contribution >= 4 is 60.8 Å². The van der Waals surface area contributed by atoms with E-state index in [1.807, 2.05) is 0 Å². The smallest absolute Gasteiger partial charge is 0.0546 e. The molecule has 0 aliphatic heterocycles. The fourth-order valence-corrected chi connectivity index (χ4v) is 6.84. The van der Waals surface area contributed by atoms with Gasteiger partial charge in [0.05, 0.1) is 11.4 Å². The first-order chi connectivity index (χ1) is 22.3. The van der Waals surface area contributed by atoms with E-state index in [0.29, 0.717) is 5.92 Å². The second-order valence-corrected chi connectivity index (χ2v) is 11.9. The Hall–Kier alpha value is -5.60. The van der Waals surface area contributed by atoms with Gasteiger partial charge >= 0.3 is 0 Å². The van der Waals surface area contributed by atoms with Crippen molar-refractivity contribution in [2.24, 2.45) is 5.92 Å². The summed E-state index contributed by atoms with van der Waals surface area (Å²) in [5, 5.41) is 7.42. The van der Waals surface area contributed by atoms with Crippen LogP contribution in [0.3, 0.4) is 0 Å². The third-order valence-electron chi connectivity index (χ3n) is 8.87. The van der Waals surface area contributed by atoms with Gasteiger partial charge in [-0.05, 0) is 88.5 Å². The van der Waals surface area contributed by atoms with Crippen LogP contribution in [0, 0.1) is 5.92 Å². The molecule has 0 heterocycles. The van der Waals surface area contributed by atoms with Gasteiger partial charge in [0.1, 0.15) is 0 Å². The molecule has 0 bridgehead atoms. The third kappa shape index (κ3) is 4.85. The summed E-state index contributed by atoms with van der Waals surface area (Å²) in [7, 11) is 0. The molecule has 2 nitrogen and oxygen atoms in total. The second kappa shape index (κ2) is 11.5. The Labute approximate surface area is 264 Å². The summed E-state index contributed by atoms with van der Waals surface area (Å²) in [5.41, 5.74) is 7.00. The van der Waals surface area contributed by atoms with Crippen LogP contribution >= 0.6 is 0 Å². The Morgan fingerprint density at radius 3 is 1.31 bits per heavy atom. The molecular formula is C43H34N2. The standard InChI is InChI=1S/C43H34N2/c1-31-16-15-23-35(28-31)45(34-21-9-4-10-22-34)43-30-41-36-24-11-13-26-38(36)42(29-40(41)37-25-12-14-27-39(37)43)44(32-17-5-2-6-18-32)33-19-7-3-8-20-33/h2-15,17-31H,16H2,1H3. The van der Waals surface area contributed by atoms with Crippen LogP contribution in [0.15, 0.2) is 176 Å². The number of para-hydroxylation sites is 3. The van der Waals surface area contributed by atoms with Crippen molar-refractivity contribution in [1.29, 1.82) is 0 Å². The number of rotatable bonds is 6. The van der Waals surface area contributed by atoms with Crippen LogP contribution in [0.2, 0.25) is 0 Å². The summed E-state index contributed by atoms with van der Waals surface area (Å²) in [6, 6.07) is 54.7. The van der Waals surface area contributed by atoms with E-state index in [0.717, 1.165) is 23.5 Å². The van der Waals surface area contributed by atoms with Crippen molar-refractivity contribution in [1.82, 2.24) is 0 Å². The van der Waals surface area contributed by atoms with E-state index >= 15 is 0 Å². The molecule has 0 spiro atoms. The summed E-state index contributed by atoms with van der Waals surface area (Å²) in [6.45, 7) is 2.30. The van der Waals surface area contributed by atoms with Crippen molar-refractivity contribution in [2.45, 2.75) is 13.3 Å². The summed E-state index contributed by atoms with van der Waals surface area (Å²) in [5.74, 6) is 0.480. The van der Waals surface area contributed by atoms with Crippen LogP contribution in [-0.2, 0) is 0 Å². The molecule has 1 atom stereocenters. The van der Waals surface area contributed by atoms with E-state index < -0.39 is 0 Å². The molecule has 0 saturated carbocycles. The quantitative estimate of drug-likeness (QED) is 0.181. The van der Waals surface area contributed by atoms with E-state index in [1.165, 1.54) is 49.4 Å². The van der Waals surface area contributed by atoms with Crippen molar-refractivity contribution in [3.05, 3.63) is 176 Å². The van der Waals surface area contributed by atoms with Gasteiger partial charge in [-0.2, -0.15) is 0 Å². The predicted octanol–water partition coefficient (Wildman–Crippen LogP) is 12.2. The molecule has 1 unspecified atom stereocenters. The molecule has 0 radical (unpaired) electrons. The van der Waals surface area contributed by atoms with Gasteiger partial charge in [0.25, 0.3) is 0 Å². The van der Waals surface area contributed by atoms with Crippen molar-refractivity contribution in [3.63, 3.8) is 0 Å². The monoisotopic (exact) mass is 578 g/mol. The second-order valence-electron chi connectivity index (χ2n) is 11.9. The Morgan fingerprint density at radius 1 is 0.444 bits per heavy atom. The minimum Gasteiger partial charge on any atom is -0.310 e. The number of hydrogen-bond acceptors (Lipinski definition) is 2. The molecular weight excluding hydrogens is 544 g/mol. The van der Waals surface area contributed by atoms with E-state index in [-0.39, 0.29) is 0 Å². The molecule has 0 aromatic heterocycles. The maximum atomic E-state index is 2.44. The number of fused-ring (bicyclic) bond motifs is 5. The average molecular weight is 579 g/mol. The zero-order chi connectivity index (χ0) is 30.2. The van der Waals surface area contributed by atoms with E-state index in [4.69, 9.17) is 0 Å². The van der Waals surface area contributed by atoms with Crippen LogP contribution in [0.1, 0.15) is 13.3 Å². The zero-order valence-electron chi connectivity index (χ0n) is 25.3. The Bertz CT molecular complexity index is 2160. The van der Waals surface area contributed by atoms with Crippen LogP contribution in [-0.4, -0.2) is 0 Å². The van der Waals surface area contributed by atoms with Crippen LogP contribution in [0.5, 0.6) is 0 Å². The summed E-state index contributed by atoms with van der Waals surface area (Å²) in [4.78, 5) is 4.83. The molecule has 2 heteroatoms. The lowest BCUT2D eigenvalue weighted by atomic mass is 9.93. The molecule has 0 saturated heterocycles. The number of hydrogen-bond donors (Lipinski definition) is 0. The lowest BCUT2D eigenvalue weighted by Gasteiger charge is -2.31. The lowest BCUT2D eigenvalue weighted by Crippen LogP contribution is -2.18. The molecule has 216 valence electrons. The van der Waals surface area contributed by atoms with Gasteiger partial charge in [-0.15, -0.1) is 0 Å². The van der Waals surface area contributed by atoms with E-state index in [9.17, 15) is 0 Å². The van der Waals surface area contributed by atoms with Gasteiger partial charge in [-0.3, -0.25) is 0 Å². The fourth-order valence-electron chi connectivity index (χ4n) is 6.84. The largest absolute Gasteiger partial charge is 0.310 e. The molecule has 45 heavy (non-hydrogen) atoms. The van der Waals surface area contributed by atoms with E-state index in [2.05, 4.69) is 187 Å². The molecule has 1 aliphatic rings. The lowest BCUT2D eigenvalue weighted by molar-refractivity contribution is 0.726. The molecule has 0 fully saturated rings. The highest BCUT2D eigenvalue weighted by molar-refractivity contribution is 6.24. The van der Waals surface area contributed by atoms with Crippen molar-refractivity contribution < 1.29 is 0 Å². The Kier molecular flexibility index (Phi) is 6.88. The third-order valence-corrected chi connectivity index (χ3v) is 8.87. The van der Waals surface area contributed by atoms with Gasteiger partial charge in [-0.25, -0.2) is 0 Å². The minimum atomic E-state index is 0.480. The highest BCUT2D eigenvalue weighted by Crippen LogP contribution is 2.47. The predicted molar refractivity (Wildman–Crippen MR) is 193 cm³/mol. The van der Waals surface area contributed by atoms with Gasteiger partial charge in [0, 0.05) is 33.5 Å². The van der Waals surface area contributed by atoms with Gasteiger partial charge in [-0.1, -0.05) is 122 Å². The first kappa shape index (κ1) is 27.0. The zero-order valence-corrected chi connectivity index (χ0v) is 25.3. The fraction of sp³-hybridized carbons (Fsp3) is 0.0698. The van der Waals surface area contributed by atoms with Gasteiger partial charge in [0.15, 0.2) is 0 Å². The van der Waals surface area contributed by atoms with Gasteiger partial charge in [0.2, 0.25) is 0 Å². The normalized spacial score (nSPS) is 14.5. The maximum absolute atomic E-state index is 2.44. The molecule has 0 N–H and O–H groups in total. The summed E-state index contributed by atoms with van der Waals surface area (Å²) < 4.78 is 0. The number of allylic oxidation sites excluding steroid dienone is 3. The molecule has 7 aromatic carbocycles. The molecule has 1 aliphatic carbocycles. The van der Waals surface area contributed by atoms with E-state index in [1.54, 1.807) is 0 Å². The SMILES string of the molecule is CC1C=C(N(c2ccccc2)c2cc3c4ccccc4c(N(c4ccccc4)c4ccccc4)cc3c3ccccc23)C=CC1. The van der Waals surface area contributed by atoms with Crippen molar-refractivity contribution in [2.75, 3.05) is 9.80 Å². The molecule has 0 amide bonds. The maximum Gasteiger partial charge on any atom is 0.0546 e.